The van der Waals surface area contributed by atoms with Gasteiger partial charge in [-0.05, 0) is 83.6 Å². The molecule has 0 N–H and O–H groups in total. The predicted molar refractivity (Wildman–Crippen MR) is 174 cm³/mol. The van der Waals surface area contributed by atoms with E-state index in [0.717, 1.165) is 55.9 Å². The number of ketones is 1. The Hall–Kier alpha value is -4.85. The molecule has 0 aliphatic heterocycles. The second kappa shape index (κ2) is 12.8. The zero-order valence-corrected chi connectivity index (χ0v) is 25.6. The van der Waals surface area contributed by atoms with Crippen LogP contribution in [0.4, 0.5) is 0 Å². The number of benzene rings is 4. The van der Waals surface area contributed by atoms with Crippen molar-refractivity contribution in [2.24, 2.45) is 0 Å². The average Bonchev–Trinajstić information content (AvgIpc) is 3.70. The lowest BCUT2D eigenvalue weighted by Crippen LogP contribution is -2.29. The van der Waals surface area contributed by atoms with Crippen molar-refractivity contribution < 1.29 is 14.5 Å². The third kappa shape index (κ3) is 6.11. The summed E-state index contributed by atoms with van der Waals surface area (Å²) < 4.78 is 0. The number of rotatable bonds is 10. The molecule has 2 heterocycles. The number of carbonyl (C=O) groups is 1. The smallest absolute Gasteiger partial charge is 0.213 e. The lowest BCUT2D eigenvalue weighted by atomic mass is 9.93. The van der Waals surface area contributed by atoms with Crippen LogP contribution in [0, 0.1) is 13.8 Å². The van der Waals surface area contributed by atoms with Gasteiger partial charge in [0.1, 0.15) is 11.4 Å². The Balaban J connectivity index is 1.17. The van der Waals surface area contributed by atoms with E-state index in [2.05, 4.69) is 36.2 Å². The first-order chi connectivity index (χ1) is 21.4. The summed E-state index contributed by atoms with van der Waals surface area (Å²) in [5.74, 6) is -0.280. The van der Waals surface area contributed by atoms with Gasteiger partial charge in [-0.2, -0.15) is 0 Å². The van der Waals surface area contributed by atoms with Crippen molar-refractivity contribution in [3.63, 3.8) is 0 Å². The van der Waals surface area contributed by atoms with Crippen LogP contribution >= 0.6 is 23.2 Å². The van der Waals surface area contributed by atoms with Crippen LogP contribution in [0.1, 0.15) is 11.1 Å². The fourth-order valence-electron chi connectivity index (χ4n) is 5.24. The number of aromatic nitrogens is 4. The van der Waals surface area contributed by atoms with E-state index in [4.69, 9.17) is 32.9 Å². The standard InChI is InChI=1S/C35H28Cl2N4O3/c1-23-5-3-7-30(34(23)25-9-13-27(36)14-10-25)32-17-19-38-40(32)43-21-29(42)22-44-41-33(18-20-39-41)31-8-4-6-24(2)35(31)26-11-15-28(37)16-12-26/h3-20H,21-22H2,1-2H3. The Morgan fingerprint density at radius 3 is 1.43 bits per heavy atom. The summed E-state index contributed by atoms with van der Waals surface area (Å²) in [7, 11) is 0. The minimum absolute atomic E-state index is 0.242. The average molecular weight is 624 g/mol. The van der Waals surface area contributed by atoms with E-state index >= 15 is 0 Å². The minimum atomic E-state index is -0.280. The molecule has 0 saturated carbocycles. The van der Waals surface area contributed by atoms with E-state index in [1.807, 2.05) is 84.9 Å². The third-order valence-electron chi connectivity index (χ3n) is 7.28. The zero-order valence-electron chi connectivity index (χ0n) is 24.1. The van der Waals surface area contributed by atoms with Crippen LogP contribution in [0.2, 0.25) is 10.0 Å². The fraction of sp³-hybridized carbons (Fsp3) is 0.114. The molecular formula is C35H28Cl2N4O3. The molecule has 9 heteroatoms. The van der Waals surface area contributed by atoms with Gasteiger partial charge in [0.15, 0.2) is 13.2 Å². The molecule has 2 aromatic heterocycles. The number of nitrogens with zero attached hydrogens (tertiary/aromatic N) is 4. The monoisotopic (exact) mass is 622 g/mol. The maximum atomic E-state index is 12.9. The Morgan fingerprint density at radius 2 is 1.02 bits per heavy atom. The number of hydrogen-bond acceptors (Lipinski definition) is 5. The molecule has 44 heavy (non-hydrogen) atoms. The van der Waals surface area contributed by atoms with E-state index in [9.17, 15) is 4.79 Å². The molecule has 0 aliphatic rings. The maximum Gasteiger partial charge on any atom is 0.213 e. The largest absolute Gasteiger partial charge is 0.388 e. The topological polar surface area (TPSA) is 71.2 Å². The summed E-state index contributed by atoms with van der Waals surface area (Å²) in [6.07, 6.45) is 3.28. The molecule has 0 radical (unpaired) electrons. The van der Waals surface area contributed by atoms with Gasteiger partial charge in [0.2, 0.25) is 5.78 Å². The number of Topliss-reactive ketones (excluding diaryl/α,β-unsaturated/α-hetero) is 1. The molecule has 0 unspecified atom stereocenters. The molecule has 0 amide bonds. The van der Waals surface area contributed by atoms with Crippen molar-refractivity contribution in [1.82, 2.24) is 19.9 Å². The number of hydrogen-bond donors (Lipinski definition) is 0. The fourth-order valence-corrected chi connectivity index (χ4v) is 5.49. The summed E-state index contributed by atoms with van der Waals surface area (Å²) in [5, 5.41) is 9.96. The molecule has 0 atom stereocenters. The van der Waals surface area contributed by atoms with Crippen LogP contribution in [0.25, 0.3) is 44.8 Å². The highest BCUT2D eigenvalue weighted by Gasteiger charge is 2.18. The molecule has 0 spiro atoms. The third-order valence-corrected chi connectivity index (χ3v) is 7.78. The van der Waals surface area contributed by atoms with Crippen molar-refractivity contribution in [3.8, 4) is 44.8 Å². The van der Waals surface area contributed by atoms with Gasteiger partial charge < -0.3 is 9.68 Å². The Bertz CT molecular complexity index is 1790. The number of aryl methyl sites for hydroxylation is 2. The first kappa shape index (κ1) is 29.2. The lowest BCUT2D eigenvalue weighted by molar-refractivity contribution is -0.129. The number of halogens is 2. The second-order valence-electron chi connectivity index (χ2n) is 10.3. The van der Waals surface area contributed by atoms with Crippen LogP contribution in [0.15, 0.2) is 109 Å². The van der Waals surface area contributed by atoms with Gasteiger partial charge in [-0.25, -0.2) is 0 Å². The van der Waals surface area contributed by atoms with Crippen molar-refractivity contribution in [2.45, 2.75) is 13.8 Å². The molecule has 7 nitrogen and oxygen atoms in total. The van der Waals surface area contributed by atoms with Crippen LogP contribution in [0.3, 0.4) is 0 Å². The van der Waals surface area contributed by atoms with E-state index in [1.165, 1.54) is 9.69 Å². The summed E-state index contributed by atoms with van der Waals surface area (Å²) >= 11 is 12.3. The highest BCUT2D eigenvalue weighted by atomic mass is 35.5. The van der Waals surface area contributed by atoms with Crippen LogP contribution in [0.5, 0.6) is 0 Å². The summed E-state index contributed by atoms with van der Waals surface area (Å²) in [6, 6.07) is 31.1. The van der Waals surface area contributed by atoms with Gasteiger partial charge >= 0.3 is 0 Å². The van der Waals surface area contributed by atoms with Gasteiger partial charge in [-0.3, -0.25) is 4.79 Å². The molecule has 6 rings (SSSR count). The normalized spacial score (nSPS) is 11.0. The van der Waals surface area contributed by atoms with Crippen molar-refractivity contribution in [3.05, 3.63) is 131 Å². The van der Waals surface area contributed by atoms with E-state index in [1.54, 1.807) is 12.4 Å². The SMILES string of the molecule is Cc1cccc(-c2ccnn2OCC(=O)COn2nccc2-c2cccc(C)c2-c2ccc(Cl)cc2)c1-c1ccc(Cl)cc1. The summed E-state index contributed by atoms with van der Waals surface area (Å²) in [5.41, 5.74) is 9.55. The molecule has 0 aliphatic carbocycles. The first-order valence-corrected chi connectivity index (χ1v) is 14.7. The van der Waals surface area contributed by atoms with E-state index < -0.39 is 0 Å². The maximum absolute atomic E-state index is 12.9. The van der Waals surface area contributed by atoms with Crippen molar-refractivity contribution in [2.75, 3.05) is 13.2 Å². The second-order valence-corrected chi connectivity index (χ2v) is 11.1. The van der Waals surface area contributed by atoms with E-state index in [-0.39, 0.29) is 19.0 Å². The Kier molecular flexibility index (Phi) is 8.50. The predicted octanol–water partition coefficient (Wildman–Crippen LogP) is 7.80. The molecule has 220 valence electrons. The van der Waals surface area contributed by atoms with Gasteiger partial charge in [-0.1, -0.05) is 93.6 Å². The lowest BCUT2D eigenvalue weighted by Gasteiger charge is -2.16. The van der Waals surface area contributed by atoms with Gasteiger partial charge in [0.25, 0.3) is 0 Å². The van der Waals surface area contributed by atoms with Gasteiger partial charge in [0, 0.05) is 21.2 Å². The van der Waals surface area contributed by atoms with Crippen LogP contribution in [-0.2, 0) is 4.79 Å². The highest BCUT2D eigenvalue weighted by molar-refractivity contribution is 6.31. The summed E-state index contributed by atoms with van der Waals surface area (Å²) in [4.78, 5) is 27.4. The molecule has 4 aromatic carbocycles. The van der Waals surface area contributed by atoms with Crippen LogP contribution < -0.4 is 9.68 Å². The zero-order chi connectivity index (χ0) is 30.6. The first-order valence-electron chi connectivity index (χ1n) is 14.0. The molecule has 0 fully saturated rings. The molecule has 0 saturated heterocycles. The van der Waals surface area contributed by atoms with Gasteiger partial charge in [0.05, 0.1) is 12.4 Å². The summed E-state index contributed by atoms with van der Waals surface area (Å²) in [6.45, 7) is 3.62. The Labute approximate surface area is 265 Å². The van der Waals surface area contributed by atoms with Crippen molar-refractivity contribution in [1.29, 1.82) is 0 Å². The van der Waals surface area contributed by atoms with Gasteiger partial charge in [-0.15, -0.1) is 10.2 Å². The molecule has 0 bridgehead atoms. The van der Waals surface area contributed by atoms with E-state index in [0.29, 0.717) is 10.0 Å². The number of carbonyl (C=O) groups excluding carboxylic acids is 1. The van der Waals surface area contributed by atoms with Crippen molar-refractivity contribution >= 4 is 29.0 Å². The molecular weight excluding hydrogens is 595 g/mol. The quantitative estimate of drug-likeness (QED) is 0.156. The van der Waals surface area contributed by atoms with Crippen LogP contribution in [-0.4, -0.2) is 38.9 Å². The highest BCUT2D eigenvalue weighted by Crippen LogP contribution is 2.36. The Morgan fingerprint density at radius 1 is 0.614 bits per heavy atom. The molecule has 6 aromatic rings. The minimum Gasteiger partial charge on any atom is -0.388 e.